The summed E-state index contributed by atoms with van der Waals surface area (Å²) in [5.41, 5.74) is 0.938. The van der Waals surface area contributed by atoms with E-state index in [2.05, 4.69) is 5.32 Å². The van der Waals surface area contributed by atoms with Crippen molar-refractivity contribution < 1.29 is 9.47 Å². The van der Waals surface area contributed by atoms with E-state index in [9.17, 15) is 0 Å². The Morgan fingerprint density at radius 3 is 2.65 bits per heavy atom. The fourth-order valence-electron chi connectivity index (χ4n) is 1.54. The monoisotopic (exact) mass is 277 g/mol. The third kappa shape index (κ3) is 4.36. The van der Waals surface area contributed by atoms with Crippen molar-refractivity contribution in [3.8, 4) is 5.75 Å². The van der Waals surface area contributed by atoms with Crippen molar-refractivity contribution in [2.45, 2.75) is 19.6 Å². The van der Waals surface area contributed by atoms with E-state index in [4.69, 9.17) is 32.7 Å². The largest absolute Gasteiger partial charge is 0.486 e. The summed E-state index contributed by atoms with van der Waals surface area (Å²) in [6.07, 6.45) is -0.0609. The molecule has 0 heterocycles. The molecule has 1 atom stereocenters. The fraction of sp³-hybridized carbons (Fsp3) is 0.500. The standard InChI is InChI=1S/C12H17Cl2NO2/c1-8(7-16-3)17-12-9(6-15-2)4-10(13)5-11(12)14/h4-5,8,15H,6-7H2,1-3H3. The number of ether oxygens (including phenoxy) is 2. The van der Waals surface area contributed by atoms with Gasteiger partial charge in [0, 0.05) is 24.2 Å². The molecule has 0 aliphatic heterocycles. The Bertz CT molecular complexity index is 372. The van der Waals surface area contributed by atoms with Gasteiger partial charge in [-0.25, -0.2) is 0 Å². The van der Waals surface area contributed by atoms with Gasteiger partial charge in [-0.1, -0.05) is 23.2 Å². The number of hydrogen-bond acceptors (Lipinski definition) is 3. The highest BCUT2D eigenvalue weighted by Crippen LogP contribution is 2.33. The number of rotatable bonds is 6. The Morgan fingerprint density at radius 1 is 1.35 bits per heavy atom. The van der Waals surface area contributed by atoms with E-state index in [-0.39, 0.29) is 6.10 Å². The zero-order valence-electron chi connectivity index (χ0n) is 10.2. The molecule has 3 nitrogen and oxygen atoms in total. The Kier molecular flexibility index (Phi) is 6.06. The van der Waals surface area contributed by atoms with Crippen molar-refractivity contribution in [1.29, 1.82) is 0 Å². The van der Waals surface area contributed by atoms with E-state index < -0.39 is 0 Å². The molecule has 5 heteroatoms. The zero-order chi connectivity index (χ0) is 12.8. The van der Waals surface area contributed by atoms with E-state index in [1.54, 1.807) is 13.2 Å². The summed E-state index contributed by atoms with van der Waals surface area (Å²) in [5.74, 6) is 0.662. The van der Waals surface area contributed by atoms with Gasteiger partial charge in [0.25, 0.3) is 0 Å². The van der Waals surface area contributed by atoms with E-state index in [1.807, 2.05) is 20.0 Å². The van der Waals surface area contributed by atoms with Crippen LogP contribution in [0.2, 0.25) is 10.0 Å². The summed E-state index contributed by atoms with van der Waals surface area (Å²) in [6, 6.07) is 3.52. The van der Waals surface area contributed by atoms with Crippen LogP contribution in [-0.4, -0.2) is 26.9 Å². The fourth-order valence-corrected chi connectivity index (χ4v) is 2.12. The van der Waals surface area contributed by atoms with Gasteiger partial charge in [0.2, 0.25) is 0 Å². The highest BCUT2D eigenvalue weighted by atomic mass is 35.5. The summed E-state index contributed by atoms with van der Waals surface area (Å²) < 4.78 is 10.8. The predicted molar refractivity (Wildman–Crippen MR) is 71.2 cm³/mol. The van der Waals surface area contributed by atoms with Crippen molar-refractivity contribution in [1.82, 2.24) is 5.32 Å². The Balaban J connectivity index is 2.95. The van der Waals surface area contributed by atoms with Crippen LogP contribution in [0.4, 0.5) is 0 Å². The second-order valence-electron chi connectivity index (χ2n) is 3.79. The minimum atomic E-state index is -0.0609. The first-order valence-corrected chi connectivity index (χ1v) is 6.12. The van der Waals surface area contributed by atoms with Gasteiger partial charge in [-0.15, -0.1) is 0 Å². The minimum Gasteiger partial charge on any atom is -0.486 e. The summed E-state index contributed by atoms with van der Waals surface area (Å²) >= 11 is 12.1. The van der Waals surface area contributed by atoms with Gasteiger partial charge in [-0.2, -0.15) is 0 Å². The molecule has 0 bridgehead atoms. The van der Waals surface area contributed by atoms with Crippen LogP contribution in [0.3, 0.4) is 0 Å². The first-order valence-electron chi connectivity index (χ1n) is 5.36. The molecule has 0 fully saturated rings. The molecule has 0 aliphatic carbocycles. The molecule has 0 aromatic heterocycles. The first-order chi connectivity index (χ1) is 8.08. The molecule has 17 heavy (non-hydrogen) atoms. The van der Waals surface area contributed by atoms with Crippen molar-refractivity contribution >= 4 is 23.2 Å². The molecule has 1 unspecified atom stereocenters. The molecule has 1 N–H and O–H groups in total. The zero-order valence-corrected chi connectivity index (χ0v) is 11.7. The van der Waals surface area contributed by atoms with E-state index in [0.717, 1.165) is 5.56 Å². The molecular formula is C12H17Cl2NO2. The predicted octanol–water partition coefficient (Wildman–Crippen LogP) is 3.13. The van der Waals surface area contributed by atoms with Gasteiger partial charge in [-0.05, 0) is 26.1 Å². The smallest absolute Gasteiger partial charge is 0.143 e. The van der Waals surface area contributed by atoms with E-state index in [0.29, 0.717) is 28.9 Å². The lowest BCUT2D eigenvalue weighted by Gasteiger charge is -2.18. The van der Waals surface area contributed by atoms with Crippen LogP contribution in [0, 0.1) is 0 Å². The molecule has 0 saturated carbocycles. The minimum absolute atomic E-state index is 0.0609. The average Bonchev–Trinajstić information content (AvgIpc) is 2.24. The molecule has 0 saturated heterocycles. The number of methoxy groups -OCH3 is 1. The first kappa shape index (κ1) is 14.6. The van der Waals surface area contributed by atoms with Crippen LogP contribution < -0.4 is 10.1 Å². The van der Waals surface area contributed by atoms with Gasteiger partial charge in [-0.3, -0.25) is 0 Å². The summed E-state index contributed by atoms with van der Waals surface area (Å²) in [6.45, 7) is 3.09. The third-order valence-electron chi connectivity index (χ3n) is 2.17. The maximum absolute atomic E-state index is 6.14. The van der Waals surface area contributed by atoms with Crippen LogP contribution in [0.5, 0.6) is 5.75 Å². The highest BCUT2D eigenvalue weighted by Gasteiger charge is 2.13. The quantitative estimate of drug-likeness (QED) is 0.867. The molecule has 1 aromatic rings. The van der Waals surface area contributed by atoms with Crippen LogP contribution in [0.1, 0.15) is 12.5 Å². The van der Waals surface area contributed by atoms with Gasteiger partial charge in [0.15, 0.2) is 0 Å². The third-order valence-corrected chi connectivity index (χ3v) is 2.67. The summed E-state index contributed by atoms with van der Waals surface area (Å²) in [5, 5.41) is 4.18. The van der Waals surface area contributed by atoms with Crippen molar-refractivity contribution in [2.24, 2.45) is 0 Å². The Morgan fingerprint density at radius 2 is 2.06 bits per heavy atom. The lowest BCUT2D eigenvalue weighted by atomic mass is 10.2. The number of hydrogen-bond donors (Lipinski definition) is 1. The van der Waals surface area contributed by atoms with Crippen LogP contribution in [0.15, 0.2) is 12.1 Å². The lowest BCUT2D eigenvalue weighted by molar-refractivity contribution is 0.0914. The molecule has 96 valence electrons. The van der Waals surface area contributed by atoms with Crippen LogP contribution >= 0.6 is 23.2 Å². The molecule has 1 rings (SSSR count). The maximum Gasteiger partial charge on any atom is 0.143 e. The van der Waals surface area contributed by atoms with Gasteiger partial charge in [0.1, 0.15) is 11.9 Å². The molecule has 0 spiro atoms. The molecule has 1 aromatic carbocycles. The van der Waals surface area contributed by atoms with E-state index in [1.165, 1.54) is 0 Å². The number of halogens is 2. The van der Waals surface area contributed by atoms with Crippen molar-refractivity contribution in [3.05, 3.63) is 27.7 Å². The molecular weight excluding hydrogens is 261 g/mol. The Hall–Kier alpha value is -0.480. The second kappa shape index (κ2) is 7.07. The van der Waals surface area contributed by atoms with Crippen molar-refractivity contribution in [3.63, 3.8) is 0 Å². The van der Waals surface area contributed by atoms with Crippen LogP contribution in [0.25, 0.3) is 0 Å². The molecule has 0 amide bonds. The van der Waals surface area contributed by atoms with Gasteiger partial charge in [0.05, 0.1) is 11.6 Å². The second-order valence-corrected chi connectivity index (χ2v) is 4.63. The average molecular weight is 278 g/mol. The van der Waals surface area contributed by atoms with Crippen LogP contribution in [-0.2, 0) is 11.3 Å². The highest BCUT2D eigenvalue weighted by molar-refractivity contribution is 6.35. The van der Waals surface area contributed by atoms with Gasteiger partial charge >= 0.3 is 0 Å². The number of nitrogens with one attached hydrogen (secondary N) is 1. The topological polar surface area (TPSA) is 30.5 Å². The SMILES string of the molecule is CNCc1cc(Cl)cc(Cl)c1OC(C)COC. The normalized spacial score (nSPS) is 12.5. The van der Waals surface area contributed by atoms with Gasteiger partial charge < -0.3 is 14.8 Å². The van der Waals surface area contributed by atoms with E-state index >= 15 is 0 Å². The maximum atomic E-state index is 6.14. The number of benzene rings is 1. The lowest BCUT2D eigenvalue weighted by Crippen LogP contribution is -2.19. The van der Waals surface area contributed by atoms with Crippen molar-refractivity contribution in [2.75, 3.05) is 20.8 Å². The molecule has 0 aliphatic rings. The summed E-state index contributed by atoms with van der Waals surface area (Å²) in [4.78, 5) is 0. The Labute approximate surface area is 112 Å². The molecule has 0 radical (unpaired) electrons. The summed E-state index contributed by atoms with van der Waals surface area (Å²) in [7, 11) is 3.50.